The molecule has 0 aliphatic heterocycles. The van der Waals surface area contributed by atoms with Crippen LogP contribution in [0, 0.1) is 0 Å². The summed E-state index contributed by atoms with van der Waals surface area (Å²) in [6, 6.07) is 5.46. The molecule has 0 aromatic heterocycles. The van der Waals surface area contributed by atoms with Crippen molar-refractivity contribution < 1.29 is 9.90 Å². The summed E-state index contributed by atoms with van der Waals surface area (Å²) in [6.07, 6.45) is 4.42. The fraction of sp³-hybridized carbons (Fsp3) is 0.250. The standard InChI is InChI=1S/C12H14N2O2/c13-10-6-5-9(8-3-1-2-4-8)7-11(10)14-12(15)16/h3,5-7,14H,1-2,4,13H2,(H,15,16). The molecule has 4 heteroatoms. The van der Waals surface area contributed by atoms with Gasteiger partial charge in [-0.15, -0.1) is 0 Å². The van der Waals surface area contributed by atoms with Gasteiger partial charge in [-0.3, -0.25) is 5.32 Å². The summed E-state index contributed by atoms with van der Waals surface area (Å²) in [7, 11) is 0. The minimum Gasteiger partial charge on any atom is -0.465 e. The van der Waals surface area contributed by atoms with Crippen LogP contribution in [0.2, 0.25) is 0 Å². The number of nitrogens with two attached hydrogens (primary N) is 1. The number of amides is 1. The van der Waals surface area contributed by atoms with Gasteiger partial charge in [0.15, 0.2) is 0 Å². The first-order valence-electron chi connectivity index (χ1n) is 5.25. The molecule has 0 unspecified atom stereocenters. The SMILES string of the molecule is Nc1ccc(C2=CCCC2)cc1NC(=O)O. The molecule has 1 aliphatic rings. The predicted molar refractivity (Wildman–Crippen MR) is 64.3 cm³/mol. The first-order valence-corrected chi connectivity index (χ1v) is 5.25. The van der Waals surface area contributed by atoms with Gasteiger partial charge in [0.05, 0.1) is 11.4 Å². The van der Waals surface area contributed by atoms with Crippen molar-refractivity contribution >= 4 is 23.0 Å². The largest absolute Gasteiger partial charge is 0.465 e. The topological polar surface area (TPSA) is 75.3 Å². The van der Waals surface area contributed by atoms with Gasteiger partial charge in [0.25, 0.3) is 0 Å². The number of rotatable bonds is 2. The second kappa shape index (κ2) is 4.26. The van der Waals surface area contributed by atoms with Crippen LogP contribution in [0.15, 0.2) is 24.3 Å². The van der Waals surface area contributed by atoms with Crippen molar-refractivity contribution in [2.75, 3.05) is 11.1 Å². The molecular weight excluding hydrogens is 204 g/mol. The predicted octanol–water partition coefficient (Wildman–Crippen LogP) is 2.93. The van der Waals surface area contributed by atoms with Gasteiger partial charge in [-0.1, -0.05) is 12.1 Å². The van der Waals surface area contributed by atoms with Crippen LogP contribution < -0.4 is 11.1 Å². The molecule has 1 amide bonds. The third-order valence-electron chi connectivity index (χ3n) is 2.71. The van der Waals surface area contributed by atoms with Crippen molar-refractivity contribution in [3.8, 4) is 0 Å². The van der Waals surface area contributed by atoms with Gasteiger partial charge in [0.1, 0.15) is 0 Å². The van der Waals surface area contributed by atoms with E-state index >= 15 is 0 Å². The molecule has 1 aromatic rings. The van der Waals surface area contributed by atoms with Crippen molar-refractivity contribution in [1.29, 1.82) is 0 Å². The van der Waals surface area contributed by atoms with Gasteiger partial charge >= 0.3 is 6.09 Å². The van der Waals surface area contributed by atoms with E-state index in [0.717, 1.165) is 18.4 Å². The number of hydrogen-bond acceptors (Lipinski definition) is 2. The Hall–Kier alpha value is -1.97. The Morgan fingerprint density at radius 2 is 2.25 bits per heavy atom. The quantitative estimate of drug-likeness (QED) is 0.668. The molecule has 0 atom stereocenters. The second-order valence-electron chi connectivity index (χ2n) is 3.85. The zero-order valence-electron chi connectivity index (χ0n) is 8.86. The average Bonchev–Trinajstić information content (AvgIpc) is 2.73. The minimum atomic E-state index is -1.09. The van der Waals surface area contributed by atoms with E-state index in [1.54, 1.807) is 12.1 Å². The molecular formula is C12H14N2O2. The molecule has 2 rings (SSSR count). The Labute approximate surface area is 93.8 Å². The maximum atomic E-state index is 10.6. The van der Waals surface area contributed by atoms with E-state index in [0.29, 0.717) is 11.4 Å². The first-order chi connectivity index (χ1) is 7.66. The van der Waals surface area contributed by atoms with Gasteiger partial charge in [0.2, 0.25) is 0 Å². The normalized spacial score (nSPS) is 14.6. The van der Waals surface area contributed by atoms with E-state index in [9.17, 15) is 4.79 Å². The summed E-state index contributed by atoms with van der Waals surface area (Å²) in [5, 5.41) is 11.0. The fourth-order valence-corrected chi connectivity index (χ4v) is 1.91. The number of carboxylic acid groups (broad SMARTS) is 1. The second-order valence-corrected chi connectivity index (χ2v) is 3.85. The van der Waals surface area contributed by atoms with E-state index in [4.69, 9.17) is 10.8 Å². The van der Waals surface area contributed by atoms with Gasteiger partial charge < -0.3 is 10.8 Å². The van der Waals surface area contributed by atoms with Crippen LogP contribution in [0.5, 0.6) is 0 Å². The first kappa shape index (κ1) is 10.5. The van der Waals surface area contributed by atoms with E-state index < -0.39 is 6.09 Å². The van der Waals surface area contributed by atoms with Crippen LogP contribution in [-0.4, -0.2) is 11.2 Å². The zero-order chi connectivity index (χ0) is 11.5. The van der Waals surface area contributed by atoms with E-state index in [1.807, 2.05) is 6.07 Å². The van der Waals surface area contributed by atoms with Crippen LogP contribution in [-0.2, 0) is 0 Å². The molecule has 0 spiro atoms. The highest BCUT2D eigenvalue weighted by Crippen LogP contribution is 2.31. The van der Waals surface area contributed by atoms with Crippen LogP contribution >= 0.6 is 0 Å². The molecule has 0 fully saturated rings. The Morgan fingerprint density at radius 3 is 2.88 bits per heavy atom. The maximum Gasteiger partial charge on any atom is 0.409 e. The number of allylic oxidation sites excluding steroid dienone is 2. The Kier molecular flexibility index (Phi) is 2.81. The van der Waals surface area contributed by atoms with E-state index in [2.05, 4.69) is 11.4 Å². The van der Waals surface area contributed by atoms with Gasteiger partial charge in [0, 0.05) is 0 Å². The molecule has 4 nitrogen and oxygen atoms in total. The third-order valence-corrected chi connectivity index (χ3v) is 2.71. The monoisotopic (exact) mass is 218 g/mol. The molecule has 84 valence electrons. The summed E-state index contributed by atoms with van der Waals surface area (Å²) in [5.41, 5.74) is 8.92. The average molecular weight is 218 g/mol. The number of benzene rings is 1. The van der Waals surface area contributed by atoms with Crippen LogP contribution in [0.4, 0.5) is 16.2 Å². The number of nitrogens with one attached hydrogen (secondary N) is 1. The molecule has 0 radical (unpaired) electrons. The summed E-state index contributed by atoms with van der Waals surface area (Å²) in [6.45, 7) is 0. The highest BCUT2D eigenvalue weighted by atomic mass is 16.4. The van der Waals surface area contributed by atoms with Gasteiger partial charge in [-0.2, -0.15) is 0 Å². The minimum absolute atomic E-state index is 0.449. The lowest BCUT2D eigenvalue weighted by molar-refractivity contribution is 0.210. The number of nitrogen functional groups attached to an aromatic ring is 1. The van der Waals surface area contributed by atoms with Crippen LogP contribution in [0.1, 0.15) is 24.8 Å². The van der Waals surface area contributed by atoms with Crippen LogP contribution in [0.25, 0.3) is 5.57 Å². The summed E-state index contributed by atoms with van der Waals surface area (Å²) in [5.74, 6) is 0. The Balaban J connectivity index is 2.31. The molecule has 1 aliphatic carbocycles. The lowest BCUT2D eigenvalue weighted by Crippen LogP contribution is -2.09. The number of hydrogen-bond donors (Lipinski definition) is 3. The summed E-state index contributed by atoms with van der Waals surface area (Å²) >= 11 is 0. The highest BCUT2D eigenvalue weighted by Gasteiger charge is 2.10. The molecule has 1 aromatic carbocycles. The Bertz CT molecular complexity index is 452. The molecule has 0 heterocycles. The van der Waals surface area contributed by atoms with Crippen LogP contribution in [0.3, 0.4) is 0 Å². The maximum absolute atomic E-state index is 10.6. The van der Waals surface area contributed by atoms with Crippen molar-refractivity contribution in [3.63, 3.8) is 0 Å². The van der Waals surface area contributed by atoms with Gasteiger partial charge in [-0.25, -0.2) is 4.79 Å². The highest BCUT2D eigenvalue weighted by molar-refractivity contribution is 5.89. The lowest BCUT2D eigenvalue weighted by Gasteiger charge is -2.08. The molecule has 0 saturated carbocycles. The lowest BCUT2D eigenvalue weighted by atomic mass is 10.0. The van der Waals surface area contributed by atoms with E-state index in [-0.39, 0.29) is 0 Å². The number of carbonyl (C=O) groups is 1. The Morgan fingerprint density at radius 1 is 1.44 bits per heavy atom. The summed E-state index contributed by atoms with van der Waals surface area (Å²) < 4.78 is 0. The van der Waals surface area contributed by atoms with E-state index in [1.165, 1.54) is 12.0 Å². The smallest absolute Gasteiger partial charge is 0.409 e. The third kappa shape index (κ3) is 2.16. The molecule has 0 saturated heterocycles. The van der Waals surface area contributed by atoms with Crippen molar-refractivity contribution in [2.24, 2.45) is 0 Å². The summed E-state index contributed by atoms with van der Waals surface area (Å²) in [4.78, 5) is 10.6. The zero-order valence-corrected chi connectivity index (χ0v) is 8.86. The fourth-order valence-electron chi connectivity index (χ4n) is 1.91. The van der Waals surface area contributed by atoms with Crippen molar-refractivity contribution in [3.05, 3.63) is 29.8 Å². The van der Waals surface area contributed by atoms with Crippen molar-refractivity contribution in [1.82, 2.24) is 0 Å². The van der Waals surface area contributed by atoms with Crippen molar-refractivity contribution in [2.45, 2.75) is 19.3 Å². The number of anilines is 2. The molecule has 16 heavy (non-hydrogen) atoms. The molecule has 0 bridgehead atoms. The van der Waals surface area contributed by atoms with Gasteiger partial charge in [-0.05, 0) is 42.5 Å². The molecule has 4 N–H and O–H groups in total.